The number of nitrogens with zero attached hydrogens (tertiary/aromatic N) is 1. The molecule has 1 aromatic carbocycles. The van der Waals surface area contributed by atoms with Crippen molar-refractivity contribution in [2.75, 3.05) is 18.9 Å². The predicted octanol–water partition coefficient (Wildman–Crippen LogP) is 4.56. The molecule has 0 atom stereocenters. The molecule has 1 fully saturated rings. The fourth-order valence-corrected chi connectivity index (χ4v) is 3.85. The number of para-hydroxylation sites is 1. The van der Waals surface area contributed by atoms with Crippen LogP contribution in [0.25, 0.3) is 0 Å². The summed E-state index contributed by atoms with van der Waals surface area (Å²) < 4.78 is 0. The molecule has 0 heterocycles. The monoisotopic (exact) mass is 358 g/mol. The first kappa shape index (κ1) is 20.5. The molecule has 2 rings (SSSR count). The number of rotatable bonds is 7. The summed E-state index contributed by atoms with van der Waals surface area (Å²) in [6.07, 6.45) is 6.31. The van der Waals surface area contributed by atoms with E-state index in [2.05, 4.69) is 25.2 Å². The molecule has 2 amide bonds. The van der Waals surface area contributed by atoms with Gasteiger partial charge in [-0.05, 0) is 56.6 Å². The number of carbonyl (C=O) groups excluding carboxylic acids is 2. The van der Waals surface area contributed by atoms with Gasteiger partial charge in [0.2, 0.25) is 11.8 Å². The van der Waals surface area contributed by atoms with E-state index >= 15 is 0 Å². The third-order valence-electron chi connectivity index (χ3n) is 5.66. The zero-order valence-electron chi connectivity index (χ0n) is 16.8. The third kappa shape index (κ3) is 5.09. The lowest BCUT2D eigenvalue weighted by molar-refractivity contribution is -0.136. The molecule has 1 aliphatic carbocycles. The number of nitrogens with one attached hydrogen (secondary N) is 1. The fourth-order valence-electron chi connectivity index (χ4n) is 3.85. The largest absolute Gasteiger partial charge is 0.346 e. The number of benzene rings is 1. The molecular formula is C22H34N2O2. The van der Waals surface area contributed by atoms with Crippen molar-refractivity contribution in [3.63, 3.8) is 0 Å². The highest BCUT2D eigenvalue weighted by Gasteiger charge is 2.31. The Hall–Kier alpha value is -1.84. The van der Waals surface area contributed by atoms with E-state index in [1.54, 1.807) is 0 Å². The lowest BCUT2D eigenvalue weighted by Gasteiger charge is -2.30. The molecule has 1 aliphatic rings. The maximum absolute atomic E-state index is 12.7. The molecule has 0 spiro atoms. The van der Waals surface area contributed by atoms with E-state index in [9.17, 15) is 9.59 Å². The summed E-state index contributed by atoms with van der Waals surface area (Å²) in [7, 11) is 1.90. The minimum absolute atomic E-state index is 0.0179. The highest BCUT2D eigenvalue weighted by molar-refractivity contribution is 5.94. The molecule has 1 N–H and O–H groups in total. The van der Waals surface area contributed by atoms with Gasteiger partial charge in [-0.25, -0.2) is 0 Å². The van der Waals surface area contributed by atoms with E-state index in [1.807, 2.05) is 31.0 Å². The number of anilines is 1. The van der Waals surface area contributed by atoms with Crippen LogP contribution in [0.1, 0.15) is 63.5 Å². The fraction of sp³-hybridized carbons (Fsp3) is 0.636. The van der Waals surface area contributed by atoms with E-state index in [0.29, 0.717) is 0 Å². The van der Waals surface area contributed by atoms with Gasteiger partial charge in [0.25, 0.3) is 0 Å². The minimum atomic E-state index is 0.0179. The Labute approximate surface area is 158 Å². The number of unbranched alkanes of at least 4 members (excludes halogenated alkanes) is 1. The van der Waals surface area contributed by atoms with Crippen molar-refractivity contribution in [2.45, 2.75) is 65.7 Å². The van der Waals surface area contributed by atoms with Gasteiger partial charge in [-0.2, -0.15) is 0 Å². The number of aryl methyl sites for hydroxylation is 2. The summed E-state index contributed by atoms with van der Waals surface area (Å²) in [5.41, 5.74) is 3.26. The van der Waals surface area contributed by atoms with E-state index in [0.717, 1.165) is 62.7 Å². The molecule has 4 heteroatoms. The van der Waals surface area contributed by atoms with Crippen molar-refractivity contribution in [1.82, 2.24) is 4.90 Å². The molecule has 1 saturated carbocycles. The molecule has 144 valence electrons. The van der Waals surface area contributed by atoms with Crippen LogP contribution < -0.4 is 5.32 Å². The summed E-state index contributed by atoms with van der Waals surface area (Å²) >= 11 is 0. The maximum Gasteiger partial charge on any atom is 0.227 e. The maximum atomic E-state index is 12.7. The second-order valence-corrected chi connectivity index (χ2v) is 7.61. The van der Waals surface area contributed by atoms with Crippen LogP contribution in [0.4, 0.5) is 5.69 Å². The van der Waals surface area contributed by atoms with Gasteiger partial charge in [0.05, 0.1) is 0 Å². The van der Waals surface area contributed by atoms with Crippen molar-refractivity contribution in [2.24, 2.45) is 11.8 Å². The van der Waals surface area contributed by atoms with Crippen LogP contribution in [0, 0.1) is 18.8 Å². The molecule has 0 unspecified atom stereocenters. The van der Waals surface area contributed by atoms with Gasteiger partial charge in [-0.15, -0.1) is 0 Å². The van der Waals surface area contributed by atoms with Gasteiger partial charge < -0.3 is 10.2 Å². The standard InChI is InChI=1S/C22H34N2O2/c1-5-7-15-24(4)22(26)19-13-11-18(12-14-19)21(25)23-20-16(3)9-8-10-17(20)6-2/h8-10,18-19H,5-7,11-15H2,1-4H3,(H,23,25). The molecule has 0 saturated heterocycles. The summed E-state index contributed by atoms with van der Waals surface area (Å²) in [4.78, 5) is 27.1. The Morgan fingerprint density at radius 1 is 1.12 bits per heavy atom. The first-order valence-electron chi connectivity index (χ1n) is 10.1. The molecule has 0 aliphatic heterocycles. The van der Waals surface area contributed by atoms with Gasteiger partial charge >= 0.3 is 0 Å². The molecule has 0 radical (unpaired) electrons. The lowest BCUT2D eigenvalue weighted by Crippen LogP contribution is -2.37. The highest BCUT2D eigenvalue weighted by Crippen LogP contribution is 2.31. The van der Waals surface area contributed by atoms with E-state index in [1.165, 1.54) is 5.56 Å². The van der Waals surface area contributed by atoms with Gasteiger partial charge in [-0.3, -0.25) is 9.59 Å². The van der Waals surface area contributed by atoms with Gasteiger partial charge in [0, 0.05) is 31.1 Å². The SMILES string of the molecule is CCCCN(C)C(=O)C1CCC(C(=O)Nc2c(C)cccc2CC)CC1. The molecule has 4 nitrogen and oxygen atoms in total. The summed E-state index contributed by atoms with van der Waals surface area (Å²) in [5, 5.41) is 3.16. The van der Waals surface area contributed by atoms with Crippen LogP contribution >= 0.6 is 0 Å². The highest BCUT2D eigenvalue weighted by atomic mass is 16.2. The van der Waals surface area contributed by atoms with Crippen LogP contribution in [0.15, 0.2) is 18.2 Å². The van der Waals surface area contributed by atoms with Crippen LogP contribution in [-0.2, 0) is 16.0 Å². The first-order chi connectivity index (χ1) is 12.5. The zero-order valence-corrected chi connectivity index (χ0v) is 16.8. The van der Waals surface area contributed by atoms with Gasteiger partial charge in [-0.1, -0.05) is 38.5 Å². The Kier molecular flexibility index (Phi) is 7.67. The first-order valence-corrected chi connectivity index (χ1v) is 10.1. The summed E-state index contributed by atoms with van der Waals surface area (Å²) in [6.45, 7) is 7.12. The molecule has 0 bridgehead atoms. The Morgan fingerprint density at radius 3 is 2.38 bits per heavy atom. The topological polar surface area (TPSA) is 49.4 Å². The van der Waals surface area contributed by atoms with Crippen LogP contribution in [0.2, 0.25) is 0 Å². The van der Waals surface area contributed by atoms with Gasteiger partial charge in [0.15, 0.2) is 0 Å². The van der Waals surface area contributed by atoms with Crippen LogP contribution in [0.5, 0.6) is 0 Å². The molecule has 26 heavy (non-hydrogen) atoms. The Morgan fingerprint density at radius 2 is 1.77 bits per heavy atom. The zero-order chi connectivity index (χ0) is 19.1. The minimum Gasteiger partial charge on any atom is -0.346 e. The molecular weight excluding hydrogens is 324 g/mol. The second kappa shape index (κ2) is 9.75. The normalized spacial score (nSPS) is 19.8. The Bertz CT molecular complexity index is 619. The van der Waals surface area contributed by atoms with Crippen molar-refractivity contribution in [3.8, 4) is 0 Å². The van der Waals surface area contributed by atoms with E-state index < -0.39 is 0 Å². The second-order valence-electron chi connectivity index (χ2n) is 7.61. The molecule has 1 aromatic rings. The van der Waals surface area contributed by atoms with Crippen LogP contribution in [0.3, 0.4) is 0 Å². The Balaban J connectivity index is 1.90. The summed E-state index contributed by atoms with van der Waals surface area (Å²) in [5.74, 6) is 0.471. The van der Waals surface area contributed by atoms with E-state index in [4.69, 9.17) is 0 Å². The number of amides is 2. The van der Waals surface area contributed by atoms with Gasteiger partial charge in [0.1, 0.15) is 0 Å². The predicted molar refractivity (Wildman–Crippen MR) is 107 cm³/mol. The number of hydrogen-bond acceptors (Lipinski definition) is 2. The van der Waals surface area contributed by atoms with Crippen molar-refractivity contribution >= 4 is 17.5 Å². The van der Waals surface area contributed by atoms with Crippen molar-refractivity contribution in [1.29, 1.82) is 0 Å². The number of carbonyl (C=O) groups is 2. The van der Waals surface area contributed by atoms with E-state index in [-0.39, 0.29) is 23.7 Å². The smallest absolute Gasteiger partial charge is 0.227 e. The number of hydrogen-bond donors (Lipinski definition) is 1. The average Bonchev–Trinajstić information content (AvgIpc) is 2.67. The third-order valence-corrected chi connectivity index (χ3v) is 5.66. The lowest BCUT2D eigenvalue weighted by atomic mass is 9.81. The quantitative estimate of drug-likeness (QED) is 0.777. The van der Waals surface area contributed by atoms with Crippen molar-refractivity contribution in [3.05, 3.63) is 29.3 Å². The van der Waals surface area contributed by atoms with Crippen LogP contribution in [-0.4, -0.2) is 30.3 Å². The van der Waals surface area contributed by atoms with Crippen molar-refractivity contribution < 1.29 is 9.59 Å². The average molecular weight is 359 g/mol. The molecule has 0 aromatic heterocycles. The summed E-state index contributed by atoms with van der Waals surface area (Å²) in [6, 6.07) is 6.15.